The molecular formula is C15H22O3. The lowest BCUT2D eigenvalue weighted by Gasteiger charge is -2.26. The van der Waals surface area contributed by atoms with Crippen LogP contribution >= 0.6 is 0 Å². The van der Waals surface area contributed by atoms with Crippen LogP contribution in [0.15, 0.2) is 35.5 Å². The summed E-state index contributed by atoms with van der Waals surface area (Å²) in [6.07, 6.45) is 6.46. The van der Waals surface area contributed by atoms with Crippen molar-refractivity contribution in [1.29, 1.82) is 0 Å². The lowest BCUT2D eigenvalue weighted by Crippen LogP contribution is -2.21. The zero-order valence-corrected chi connectivity index (χ0v) is 11.1. The summed E-state index contributed by atoms with van der Waals surface area (Å²) >= 11 is 0. The molecule has 1 aliphatic rings. The van der Waals surface area contributed by atoms with Gasteiger partial charge in [-0.05, 0) is 51.0 Å². The first-order valence-electron chi connectivity index (χ1n) is 6.34. The van der Waals surface area contributed by atoms with Crippen molar-refractivity contribution >= 4 is 5.97 Å². The van der Waals surface area contributed by atoms with Gasteiger partial charge in [0.15, 0.2) is 0 Å². The maximum Gasteiger partial charge on any atom is 0.330 e. The average Bonchev–Trinajstić information content (AvgIpc) is 2.30. The smallest absolute Gasteiger partial charge is 0.330 e. The number of aliphatic hydroxyl groups is 1. The molecule has 0 aliphatic heterocycles. The van der Waals surface area contributed by atoms with Crippen molar-refractivity contribution in [3.8, 4) is 0 Å². The molecule has 0 bridgehead atoms. The van der Waals surface area contributed by atoms with Gasteiger partial charge in [-0.25, -0.2) is 4.79 Å². The molecule has 0 unspecified atom stereocenters. The summed E-state index contributed by atoms with van der Waals surface area (Å²) < 4.78 is 0. The van der Waals surface area contributed by atoms with E-state index in [-0.39, 0.29) is 0 Å². The highest BCUT2D eigenvalue weighted by atomic mass is 16.4. The summed E-state index contributed by atoms with van der Waals surface area (Å²) in [5, 5.41) is 18.7. The van der Waals surface area contributed by atoms with E-state index in [1.165, 1.54) is 0 Å². The van der Waals surface area contributed by atoms with Gasteiger partial charge in [0.2, 0.25) is 0 Å². The van der Waals surface area contributed by atoms with Gasteiger partial charge in [0.1, 0.15) is 0 Å². The Morgan fingerprint density at radius 1 is 1.56 bits per heavy atom. The zero-order chi connectivity index (χ0) is 13.7. The van der Waals surface area contributed by atoms with Crippen molar-refractivity contribution < 1.29 is 15.0 Å². The monoisotopic (exact) mass is 250 g/mol. The number of carbonyl (C=O) groups is 1. The Bertz CT molecular complexity index is 391. The number of hydrogen-bond donors (Lipinski definition) is 2. The van der Waals surface area contributed by atoms with Crippen LogP contribution < -0.4 is 0 Å². The van der Waals surface area contributed by atoms with E-state index in [1.807, 2.05) is 6.92 Å². The van der Waals surface area contributed by atoms with Gasteiger partial charge in [-0.3, -0.25) is 0 Å². The zero-order valence-electron chi connectivity index (χ0n) is 11.1. The fraction of sp³-hybridized carbons (Fsp3) is 0.533. The number of aliphatic carboxylic acids is 1. The second-order valence-electron chi connectivity index (χ2n) is 5.04. The van der Waals surface area contributed by atoms with Crippen LogP contribution in [0.4, 0.5) is 0 Å². The third kappa shape index (κ3) is 4.15. The van der Waals surface area contributed by atoms with Crippen LogP contribution in [0.25, 0.3) is 0 Å². The minimum absolute atomic E-state index is 0.362. The molecule has 1 rings (SSSR count). The Kier molecular flexibility index (Phi) is 5.35. The number of rotatable bonds is 5. The fourth-order valence-corrected chi connectivity index (χ4v) is 2.16. The number of hydrogen-bond acceptors (Lipinski definition) is 2. The first-order valence-corrected chi connectivity index (χ1v) is 6.34. The summed E-state index contributed by atoms with van der Waals surface area (Å²) in [6.45, 7) is 7.51. The molecule has 0 aromatic heterocycles. The van der Waals surface area contributed by atoms with Gasteiger partial charge in [0.05, 0.1) is 6.10 Å². The van der Waals surface area contributed by atoms with Gasteiger partial charge in [0.25, 0.3) is 0 Å². The summed E-state index contributed by atoms with van der Waals surface area (Å²) in [7, 11) is 0. The highest BCUT2D eigenvalue weighted by Gasteiger charge is 2.22. The fourth-order valence-electron chi connectivity index (χ4n) is 2.16. The second-order valence-corrected chi connectivity index (χ2v) is 5.04. The van der Waals surface area contributed by atoms with E-state index in [0.717, 1.165) is 30.4 Å². The van der Waals surface area contributed by atoms with E-state index in [4.69, 9.17) is 5.11 Å². The van der Waals surface area contributed by atoms with Crippen LogP contribution in [0, 0.1) is 5.92 Å². The molecule has 2 atom stereocenters. The quantitative estimate of drug-likeness (QED) is 0.582. The van der Waals surface area contributed by atoms with Gasteiger partial charge >= 0.3 is 5.97 Å². The highest BCUT2D eigenvalue weighted by Crippen LogP contribution is 2.30. The van der Waals surface area contributed by atoms with E-state index >= 15 is 0 Å². The van der Waals surface area contributed by atoms with Crippen molar-refractivity contribution in [2.75, 3.05) is 0 Å². The summed E-state index contributed by atoms with van der Waals surface area (Å²) in [5.74, 6) is -0.504. The van der Waals surface area contributed by atoms with E-state index in [1.54, 1.807) is 13.0 Å². The first-order chi connectivity index (χ1) is 8.41. The van der Waals surface area contributed by atoms with Crippen molar-refractivity contribution in [2.45, 2.75) is 45.6 Å². The minimum atomic E-state index is -0.879. The van der Waals surface area contributed by atoms with Crippen LogP contribution in [0.5, 0.6) is 0 Å². The highest BCUT2D eigenvalue weighted by molar-refractivity contribution is 5.85. The largest absolute Gasteiger partial charge is 0.478 e. The standard InChI is InChI=1S/C15H22O3/c1-10(2)13-8-7-12(14(16)9-13)6-4-5-11(3)15(17)18/h5,7,13-14,16H,1,4,6,8-9H2,2-3H3,(H,17,18)/b11-5+/t13-,14+/m1/s1. The number of carboxylic acids is 1. The van der Waals surface area contributed by atoms with Crippen LogP contribution in [-0.2, 0) is 4.79 Å². The van der Waals surface area contributed by atoms with Gasteiger partial charge in [-0.1, -0.05) is 24.3 Å². The van der Waals surface area contributed by atoms with E-state index in [0.29, 0.717) is 17.9 Å². The third-order valence-electron chi connectivity index (χ3n) is 3.52. The Hall–Kier alpha value is -1.35. The molecule has 100 valence electrons. The summed E-state index contributed by atoms with van der Waals surface area (Å²) in [4.78, 5) is 10.6. The second kappa shape index (κ2) is 6.55. The molecule has 3 nitrogen and oxygen atoms in total. The summed E-state index contributed by atoms with van der Waals surface area (Å²) in [6, 6.07) is 0. The minimum Gasteiger partial charge on any atom is -0.478 e. The van der Waals surface area contributed by atoms with Crippen molar-refractivity contribution in [1.82, 2.24) is 0 Å². The van der Waals surface area contributed by atoms with E-state index in [9.17, 15) is 9.90 Å². The Balaban J connectivity index is 2.51. The molecule has 1 aliphatic carbocycles. The van der Waals surface area contributed by atoms with Gasteiger partial charge < -0.3 is 10.2 Å². The van der Waals surface area contributed by atoms with Crippen molar-refractivity contribution in [3.63, 3.8) is 0 Å². The topological polar surface area (TPSA) is 57.5 Å². The molecule has 2 N–H and O–H groups in total. The number of carboxylic acid groups (broad SMARTS) is 1. The normalized spacial score (nSPS) is 24.6. The lowest BCUT2D eigenvalue weighted by atomic mass is 9.82. The van der Waals surface area contributed by atoms with Gasteiger partial charge in [-0.2, -0.15) is 0 Å². The molecule has 0 radical (unpaired) electrons. The number of aliphatic hydroxyl groups excluding tert-OH is 1. The molecule has 18 heavy (non-hydrogen) atoms. The van der Waals surface area contributed by atoms with Gasteiger partial charge in [0, 0.05) is 5.57 Å². The molecule has 0 fully saturated rings. The van der Waals surface area contributed by atoms with E-state index in [2.05, 4.69) is 12.7 Å². The maximum atomic E-state index is 10.6. The predicted octanol–water partition coefficient (Wildman–Crippen LogP) is 3.07. The molecule has 0 aromatic carbocycles. The van der Waals surface area contributed by atoms with Crippen molar-refractivity contribution in [2.24, 2.45) is 5.92 Å². The molecule has 0 saturated carbocycles. The third-order valence-corrected chi connectivity index (χ3v) is 3.52. The maximum absolute atomic E-state index is 10.6. The Morgan fingerprint density at radius 2 is 2.22 bits per heavy atom. The average molecular weight is 250 g/mol. The first kappa shape index (κ1) is 14.7. The Morgan fingerprint density at radius 3 is 2.72 bits per heavy atom. The van der Waals surface area contributed by atoms with E-state index < -0.39 is 12.1 Å². The summed E-state index contributed by atoms with van der Waals surface area (Å²) in [5.41, 5.74) is 2.51. The molecule has 3 heteroatoms. The predicted molar refractivity (Wildman–Crippen MR) is 72.3 cm³/mol. The Labute approximate surface area is 109 Å². The molecule has 0 heterocycles. The molecule has 0 saturated heterocycles. The van der Waals surface area contributed by atoms with Crippen LogP contribution in [-0.4, -0.2) is 22.3 Å². The van der Waals surface area contributed by atoms with Crippen molar-refractivity contribution in [3.05, 3.63) is 35.5 Å². The van der Waals surface area contributed by atoms with Gasteiger partial charge in [-0.15, -0.1) is 0 Å². The molecular weight excluding hydrogens is 228 g/mol. The number of allylic oxidation sites excluding steroid dienone is 3. The SMILES string of the molecule is C=C(C)[C@@H]1CC=C(CC/C=C(\C)C(=O)O)[C@@H](O)C1. The van der Waals surface area contributed by atoms with Crippen LogP contribution in [0.1, 0.15) is 39.5 Å². The van der Waals surface area contributed by atoms with Crippen LogP contribution in [0.2, 0.25) is 0 Å². The molecule has 0 amide bonds. The van der Waals surface area contributed by atoms with Crippen LogP contribution in [0.3, 0.4) is 0 Å². The molecule has 0 spiro atoms. The lowest BCUT2D eigenvalue weighted by molar-refractivity contribution is -0.132. The molecule has 0 aromatic rings.